The Labute approximate surface area is 204 Å². The molecule has 2 aromatic heterocycles. The Morgan fingerprint density at radius 2 is 1.80 bits per heavy atom. The molecular weight excluding hydrogens is 444 g/mol. The standard InChI is InChI=1S/C27H30N4O4/c32-26-18-30(27(33)24-15-25(35-29-24)21-7-3-1-4-8-21)16-23(34-19-20-11-13-28-14-12-20)17-31(26)22-9-5-2-6-10-22/h1,3-4,7-8,11-15,22-23H,2,5-6,9-10,16-19H2/t23-/m0/s1. The Balaban J connectivity index is 1.35. The van der Waals surface area contributed by atoms with Gasteiger partial charge in [0.2, 0.25) is 5.91 Å². The van der Waals surface area contributed by atoms with E-state index in [0.717, 1.165) is 36.8 Å². The Kier molecular flexibility index (Phi) is 7.18. The number of amides is 2. The van der Waals surface area contributed by atoms with Crippen LogP contribution in [0.3, 0.4) is 0 Å². The van der Waals surface area contributed by atoms with Gasteiger partial charge in [0.05, 0.1) is 12.7 Å². The SMILES string of the molecule is O=C(c1cc(-c2ccccc2)on1)N1CC(=O)N(C2CCCCC2)C[C@@H](OCc2ccncc2)C1. The molecule has 1 saturated heterocycles. The molecule has 1 saturated carbocycles. The van der Waals surface area contributed by atoms with E-state index in [2.05, 4.69) is 10.1 Å². The van der Waals surface area contributed by atoms with E-state index in [0.29, 0.717) is 25.5 Å². The van der Waals surface area contributed by atoms with E-state index < -0.39 is 0 Å². The van der Waals surface area contributed by atoms with Gasteiger partial charge in [-0.3, -0.25) is 14.6 Å². The molecule has 1 aliphatic carbocycles. The zero-order valence-electron chi connectivity index (χ0n) is 19.7. The molecule has 182 valence electrons. The van der Waals surface area contributed by atoms with E-state index in [1.807, 2.05) is 47.4 Å². The van der Waals surface area contributed by atoms with Gasteiger partial charge in [0.25, 0.3) is 5.91 Å². The minimum atomic E-state index is -0.327. The molecule has 2 aliphatic rings. The van der Waals surface area contributed by atoms with Gasteiger partial charge in [-0.15, -0.1) is 0 Å². The van der Waals surface area contributed by atoms with Gasteiger partial charge in [-0.25, -0.2) is 0 Å². The van der Waals surface area contributed by atoms with Crippen molar-refractivity contribution in [2.24, 2.45) is 0 Å². The van der Waals surface area contributed by atoms with Crippen LogP contribution >= 0.6 is 0 Å². The highest BCUT2D eigenvalue weighted by Gasteiger charge is 2.36. The Morgan fingerprint density at radius 3 is 2.57 bits per heavy atom. The monoisotopic (exact) mass is 474 g/mol. The van der Waals surface area contributed by atoms with Crippen molar-refractivity contribution in [1.82, 2.24) is 19.9 Å². The highest BCUT2D eigenvalue weighted by atomic mass is 16.5. The molecule has 3 heterocycles. The largest absolute Gasteiger partial charge is 0.370 e. The smallest absolute Gasteiger partial charge is 0.276 e. The summed E-state index contributed by atoms with van der Waals surface area (Å²) in [6, 6.07) is 15.2. The van der Waals surface area contributed by atoms with Gasteiger partial charge >= 0.3 is 0 Å². The van der Waals surface area contributed by atoms with Crippen LogP contribution < -0.4 is 0 Å². The van der Waals surface area contributed by atoms with E-state index in [4.69, 9.17) is 9.26 Å². The van der Waals surface area contributed by atoms with Crippen LogP contribution in [0.25, 0.3) is 11.3 Å². The number of pyridine rings is 1. The Hall–Kier alpha value is -3.52. The van der Waals surface area contributed by atoms with Gasteiger partial charge in [0.1, 0.15) is 6.54 Å². The Bertz CT molecular complexity index is 1130. The molecule has 0 N–H and O–H groups in total. The molecule has 8 nitrogen and oxygen atoms in total. The number of benzene rings is 1. The lowest BCUT2D eigenvalue weighted by atomic mass is 9.94. The molecule has 8 heteroatoms. The first-order chi connectivity index (χ1) is 17.2. The van der Waals surface area contributed by atoms with Gasteiger partial charge in [0.15, 0.2) is 11.5 Å². The molecular formula is C27H30N4O4. The predicted molar refractivity (Wildman–Crippen MR) is 129 cm³/mol. The van der Waals surface area contributed by atoms with Crippen LogP contribution in [0.15, 0.2) is 65.4 Å². The van der Waals surface area contributed by atoms with Gasteiger partial charge in [-0.1, -0.05) is 54.8 Å². The summed E-state index contributed by atoms with van der Waals surface area (Å²) in [6.07, 6.45) is 8.62. The number of nitrogens with zero attached hydrogens (tertiary/aromatic N) is 4. The zero-order valence-corrected chi connectivity index (χ0v) is 19.7. The first-order valence-corrected chi connectivity index (χ1v) is 12.3. The number of aromatic nitrogens is 2. The second-order valence-corrected chi connectivity index (χ2v) is 9.25. The third kappa shape index (κ3) is 5.59. The lowest BCUT2D eigenvalue weighted by molar-refractivity contribution is -0.134. The molecule has 1 atom stereocenters. The van der Waals surface area contributed by atoms with E-state index in [1.165, 1.54) is 6.42 Å². The molecule has 1 aromatic carbocycles. The highest BCUT2D eigenvalue weighted by Crippen LogP contribution is 2.26. The average Bonchev–Trinajstić information content (AvgIpc) is 3.34. The molecule has 5 rings (SSSR count). The summed E-state index contributed by atoms with van der Waals surface area (Å²) in [4.78, 5) is 34.3. The molecule has 0 radical (unpaired) electrons. The average molecular weight is 475 g/mol. The topological polar surface area (TPSA) is 88.8 Å². The molecule has 35 heavy (non-hydrogen) atoms. The number of carbonyl (C=O) groups excluding carboxylic acids is 2. The molecule has 3 aromatic rings. The molecule has 1 aliphatic heterocycles. The third-order valence-corrected chi connectivity index (χ3v) is 6.80. The first-order valence-electron chi connectivity index (χ1n) is 12.3. The number of rotatable bonds is 6. The van der Waals surface area contributed by atoms with E-state index in [-0.39, 0.29) is 36.2 Å². The Morgan fingerprint density at radius 1 is 1.03 bits per heavy atom. The maximum absolute atomic E-state index is 13.4. The second kappa shape index (κ2) is 10.8. The molecule has 0 bridgehead atoms. The second-order valence-electron chi connectivity index (χ2n) is 9.25. The van der Waals surface area contributed by atoms with Crippen LogP contribution in [0.1, 0.15) is 48.2 Å². The quantitative estimate of drug-likeness (QED) is 0.538. The lowest BCUT2D eigenvalue weighted by Gasteiger charge is -2.34. The summed E-state index contributed by atoms with van der Waals surface area (Å²) >= 11 is 0. The van der Waals surface area contributed by atoms with Crippen molar-refractivity contribution in [2.45, 2.75) is 50.9 Å². The number of ether oxygens (including phenoxy) is 1. The van der Waals surface area contributed by atoms with Crippen molar-refractivity contribution >= 4 is 11.8 Å². The maximum atomic E-state index is 13.4. The van der Waals surface area contributed by atoms with Crippen LogP contribution in [-0.2, 0) is 16.1 Å². The van der Waals surface area contributed by atoms with Gasteiger partial charge in [0, 0.05) is 43.2 Å². The van der Waals surface area contributed by atoms with Gasteiger partial charge in [-0.05, 0) is 30.5 Å². The molecule has 0 spiro atoms. The van der Waals surface area contributed by atoms with Gasteiger partial charge < -0.3 is 19.1 Å². The molecule has 2 amide bonds. The van der Waals surface area contributed by atoms with Crippen molar-refractivity contribution in [1.29, 1.82) is 0 Å². The minimum Gasteiger partial charge on any atom is -0.370 e. The highest BCUT2D eigenvalue weighted by molar-refractivity contribution is 5.96. The fourth-order valence-corrected chi connectivity index (χ4v) is 4.92. The first kappa shape index (κ1) is 23.2. The van der Waals surface area contributed by atoms with Gasteiger partial charge in [-0.2, -0.15) is 0 Å². The van der Waals surface area contributed by atoms with Crippen LogP contribution in [0.5, 0.6) is 0 Å². The number of hydrogen-bond donors (Lipinski definition) is 0. The van der Waals surface area contributed by atoms with Crippen molar-refractivity contribution < 1.29 is 18.8 Å². The van der Waals surface area contributed by atoms with E-state index >= 15 is 0 Å². The summed E-state index contributed by atoms with van der Waals surface area (Å²) in [5.74, 6) is 0.156. The number of carbonyl (C=O) groups is 2. The zero-order chi connectivity index (χ0) is 24.0. The van der Waals surface area contributed by atoms with Crippen molar-refractivity contribution in [3.8, 4) is 11.3 Å². The number of hydrogen-bond acceptors (Lipinski definition) is 6. The molecule has 2 fully saturated rings. The van der Waals surface area contributed by atoms with Crippen molar-refractivity contribution in [3.05, 3.63) is 72.2 Å². The van der Waals surface area contributed by atoms with Crippen LogP contribution in [0.4, 0.5) is 0 Å². The van der Waals surface area contributed by atoms with Crippen LogP contribution in [0.2, 0.25) is 0 Å². The van der Waals surface area contributed by atoms with Crippen molar-refractivity contribution in [2.75, 3.05) is 19.6 Å². The third-order valence-electron chi connectivity index (χ3n) is 6.80. The maximum Gasteiger partial charge on any atom is 0.276 e. The fraction of sp³-hybridized carbons (Fsp3) is 0.407. The van der Waals surface area contributed by atoms with Crippen LogP contribution in [0, 0.1) is 0 Å². The normalized spacial score (nSPS) is 19.5. The summed E-state index contributed by atoms with van der Waals surface area (Å²) in [7, 11) is 0. The summed E-state index contributed by atoms with van der Waals surface area (Å²) in [6.45, 7) is 1.20. The van der Waals surface area contributed by atoms with E-state index in [9.17, 15) is 9.59 Å². The van der Waals surface area contributed by atoms with Crippen molar-refractivity contribution in [3.63, 3.8) is 0 Å². The predicted octanol–water partition coefficient (Wildman–Crippen LogP) is 3.94. The summed E-state index contributed by atoms with van der Waals surface area (Å²) in [5.41, 5.74) is 2.03. The van der Waals surface area contributed by atoms with E-state index in [1.54, 1.807) is 23.4 Å². The fourth-order valence-electron chi connectivity index (χ4n) is 4.92. The summed E-state index contributed by atoms with van der Waals surface area (Å²) in [5, 5.41) is 4.01. The molecule has 0 unspecified atom stereocenters. The lowest BCUT2D eigenvalue weighted by Crippen LogP contribution is -2.46. The summed E-state index contributed by atoms with van der Waals surface area (Å²) < 4.78 is 11.7. The van der Waals surface area contributed by atoms with Crippen LogP contribution in [-0.4, -0.2) is 63.5 Å². The minimum absolute atomic E-state index is 0.0119.